The predicted molar refractivity (Wildman–Crippen MR) is 207 cm³/mol. The van der Waals surface area contributed by atoms with Crippen LogP contribution in [0.4, 0.5) is 30.4 Å². The number of imide groups is 2. The number of halogens is 3. The summed E-state index contributed by atoms with van der Waals surface area (Å²) in [6, 6.07) is 12.8. The number of pyridine rings is 1. The number of anilines is 3. The van der Waals surface area contributed by atoms with E-state index in [4.69, 9.17) is 10.00 Å². The first kappa shape index (κ1) is 39.8. The second-order valence-electron chi connectivity index (χ2n) is 16.0. The van der Waals surface area contributed by atoms with E-state index in [0.29, 0.717) is 61.6 Å². The number of hydrogen-bond donors (Lipinski definition) is 2. The van der Waals surface area contributed by atoms with Gasteiger partial charge in [0.05, 0.1) is 46.8 Å². The minimum atomic E-state index is -4.63. The average molecular weight is 813 g/mol. The highest BCUT2D eigenvalue weighted by atomic mass is 19.4. The van der Waals surface area contributed by atoms with E-state index in [2.05, 4.69) is 25.4 Å². The molecule has 5 aliphatic heterocycles. The van der Waals surface area contributed by atoms with Crippen molar-refractivity contribution in [1.29, 1.82) is 5.26 Å². The van der Waals surface area contributed by atoms with E-state index in [9.17, 15) is 37.1 Å². The molecule has 0 aliphatic carbocycles. The quantitative estimate of drug-likeness (QED) is 0.278. The molecule has 1 unspecified atom stereocenters. The molecule has 1 atom stereocenters. The van der Waals surface area contributed by atoms with Crippen LogP contribution in [0.1, 0.15) is 70.4 Å². The number of fused-ring (bicyclic) bond motifs is 1. The van der Waals surface area contributed by atoms with E-state index >= 15 is 0 Å². The lowest BCUT2D eigenvalue weighted by molar-refractivity contribution is -0.138. The molecule has 0 bridgehead atoms. The first-order valence-electron chi connectivity index (χ1n) is 19.9. The van der Waals surface area contributed by atoms with Gasteiger partial charge in [0, 0.05) is 56.7 Å². The number of benzene rings is 2. The van der Waals surface area contributed by atoms with E-state index in [-0.39, 0.29) is 35.8 Å². The number of hydrogen-bond acceptors (Lipinski definition) is 11. The number of piperidine rings is 3. The molecule has 17 heteroatoms. The van der Waals surface area contributed by atoms with Crippen molar-refractivity contribution in [3.8, 4) is 11.8 Å². The van der Waals surface area contributed by atoms with E-state index in [0.717, 1.165) is 62.2 Å². The summed E-state index contributed by atoms with van der Waals surface area (Å²) in [5, 5.41) is 14.2. The molecule has 1 aromatic heterocycles. The van der Waals surface area contributed by atoms with Crippen LogP contribution in [-0.2, 0) is 20.6 Å². The highest BCUT2D eigenvalue weighted by Gasteiger charge is 2.45. The van der Waals surface area contributed by atoms with Gasteiger partial charge >= 0.3 is 6.18 Å². The Balaban J connectivity index is 0.732. The molecule has 14 nitrogen and oxygen atoms in total. The first-order chi connectivity index (χ1) is 28.3. The molecule has 8 rings (SSSR count). The largest absolute Gasteiger partial charge is 0.493 e. The molecule has 5 aliphatic rings. The third kappa shape index (κ3) is 8.45. The zero-order valence-electron chi connectivity index (χ0n) is 32.2. The van der Waals surface area contributed by atoms with Crippen LogP contribution < -0.4 is 25.2 Å². The number of carbonyl (C=O) groups is 5. The van der Waals surface area contributed by atoms with Crippen LogP contribution in [0.2, 0.25) is 0 Å². The number of nitrogens with zero attached hydrogens (tertiary/aromatic N) is 6. The lowest BCUT2D eigenvalue weighted by atomic mass is 9.94. The van der Waals surface area contributed by atoms with E-state index in [1.54, 1.807) is 36.5 Å². The molecule has 59 heavy (non-hydrogen) atoms. The Morgan fingerprint density at radius 3 is 2.27 bits per heavy atom. The summed E-state index contributed by atoms with van der Waals surface area (Å²) in [6.07, 6.45) is 0.188. The lowest BCUT2D eigenvalue weighted by Crippen LogP contribution is -2.54. The normalized spacial score (nSPS) is 20.9. The van der Waals surface area contributed by atoms with Gasteiger partial charge in [0.25, 0.3) is 11.8 Å². The summed E-state index contributed by atoms with van der Waals surface area (Å²) in [6.45, 7) is 6.01. The third-order valence-electron chi connectivity index (χ3n) is 12.1. The number of nitrogens with one attached hydrogen (secondary N) is 2. The summed E-state index contributed by atoms with van der Waals surface area (Å²) < 4.78 is 46.4. The van der Waals surface area contributed by atoms with Crippen molar-refractivity contribution in [3.05, 3.63) is 77.0 Å². The zero-order valence-corrected chi connectivity index (χ0v) is 32.2. The van der Waals surface area contributed by atoms with Gasteiger partial charge in [-0.1, -0.05) is 0 Å². The first-order valence-corrected chi connectivity index (χ1v) is 19.9. The van der Waals surface area contributed by atoms with Gasteiger partial charge in [-0.15, -0.1) is 0 Å². The number of carbonyl (C=O) groups excluding carboxylic acids is 5. The van der Waals surface area contributed by atoms with Crippen LogP contribution in [0.25, 0.3) is 0 Å². The van der Waals surface area contributed by atoms with Gasteiger partial charge < -0.3 is 24.8 Å². The van der Waals surface area contributed by atoms with Crippen LogP contribution in [-0.4, -0.2) is 103 Å². The molecule has 4 saturated heterocycles. The molecule has 308 valence electrons. The molecular formula is C42H43F3N8O6. The van der Waals surface area contributed by atoms with Crippen molar-refractivity contribution < 1.29 is 41.9 Å². The van der Waals surface area contributed by atoms with Gasteiger partial charge in [0.2, 0.25) is 17.7 Å². The fourth-order valence-electron chi connectivity index (χ4n) is 8.69. The van der Waals surface area contributed by atoms with Crippen molar-refractivity contribution in [2.24, 2.45) is 17.8 Å². The summed E-state index contributed by atoms with van der Waals surface area (Å²) in [4.78, 5) is 75.0. The second kappa shape index (κ2) is 16.3. The fraction of sp³-hybridized carbons (Fsp3) is 0.452. The maximum absolute atomic E-state index is 13.5. The molecule has 5 amide bonds. The maximum Gasteiger partial charge on any atom is 0.417 e. The number of ether oxygens (including phenoxy) is 1. The molecule has 0 radical (unpaired) electrons. The lowest BCUT2D eigenvalue weighted by Gasteiger charge is -2.44. The van der Waals surface area contributed by atoms with Gasteiger partial charge in [0.1, 0.15) is 17.6 Å². The van der Waals surface area contributed by atoms with Gasteiger partial charge in [-0.25, -0.2) is 4.98 Å². The van der Waals surface area contributed by atoms with Crippen molar-refractivity contribution in [3.63, 3.8) is 0 Å². The smallest absolute Gasteiger partial charge is 0.417 e. The number of alkyl halides is 3. The van der Waals surface area contributed by atoms with Crippen LogP contribution in [0.5, 0.6) is 5.75 Å². The molecule has 3 aromatic rings. The summed E-state index contributed by atoms with van der Waals surface area (Å²) >= 11 is 0. The Morgan fingerprint density at radius 1 is 0.864 bits per heavy atom. The highest BCUT2D eigenvalue weighted by molar-refractivity contribution is 6.23. The molecule has 6 heterocycles. The standard InChI is InChI=1S/C42H43F3N8O6/c43-42(44,45)34-17-29(2-1-28(34)19-46)51-15-11-27(12-16-51)38(55)48-36-7-3-30(20-47-36)52-22-26(23-52)21-50-13-9-25(10-14-50)24-59-31-4-5-32-33(18-31)41(58)53(40(32)57)35-6-8-37(54)49-39(35)56/h1-5,7,17-18,20,25-27,35H,6,8-16,21-24H2,(H,47,48,55)(H,49,54,56). The highest BCUT2D eigenvalue weighted by Crippen LogP contribution is 2.36. The Labute approximate surface area is 338 Å². The number of amides is 5. The molecule has 2 N–H and O–H groups in total. The van der Waals surface area contributed by atoms with Crippen molar-refractivity contribution in [2.75, 3.05) is 67.5 Å². The molecular weight excluding hydrogens is 770 g/mol. The SMILES string of the molecule is N#Cc1ccc(N2CCC(C(=O)Nc3ccc(N4CC(CN5CCC(COc6ccc7c(c6)C(=O)N(C6CCC(=O)NC6=O)C7=O)CC5)C4)cn3)CC2)cc1C(F)(F)F. The topological polar surface area (TPSA) is 168 Å². The number of likely N-dealkylation sites (tertiary alicyclic amines) is 1. The Kier molecular flexibility index (Phi) is 11.0. The fourth-order valence-corrected chi connectivity index (χ4v) is 8.69. The number of rotatable bonds is 10. The van der Waals surface area contributed by atoms with Crippen molar-refractivity contribution >= 4 is 46.7 Å². The molecule has 0 saturated carbocycles. The van der Waals surface area contributed by atoms with Crippen molar-refractivity contribution in [2.45, 2.75) is 50.7 Å². The third-order valence-corrected chi connectivity index (χ3v) is 12.1. The summed E-state index contributed by atoms with van der Waals surface area (Å²) in [5.41, 5.74) is 0.406. The minimum absolute atomic E-state index is 0.0634. The van der Waals surface area contributed by atoms with E-state index < -0.39 is 47.0 Å². The zero-order chi connectivity index (χ0) is 41.4. The van der Waals surface area contributed by atoms with Gasteiger partial charge in [-0.05, 0) is 99.6 Å². The van der Waals surface area contributed by atoms with Crippen LogP contribution >= 0.6 is 0 Å². The summed E-state index contributed by atoms with van der Waals surface area (Å²) in [5.74, 6) is -0.830. The Bertz CT molecular complexity index is 2190. The van der Waals surface area contributed by atoms with Crippen molar-refractivity contribution in [1.82, 2.24) is 20.1 Å². The molecule has 0 spiro atoms. The van der Waals surface area contributed by atoms with Crippen LogP contribution in [0, 0.1) is 29.1 Å². The number of aromatic nitrogens is 1. The van der Waals surface area contributed by atoms with Crippen LogP contribution in [0.15, 0.2) is 54.7 Å². The number of nitriles is 1. The monoisotopic (exact) mass is 812 g/mol. The van der Waals surface area contributed by atoms with Gasteiger partial charge in [0.15, 0.2) is 0 Å². The predicted octanol–water partition coefficient (Wildman–Crippen LogP) is 4.46. The Hall–Kier alpha value is -6.02. The van der Waals surface area contributed by atoms with Crippen LogP contribution in [0.3, 0.4) is 0 Å². The van der Waals surface area contributed by atoms with Gasteiger partial charge in [-0.2, -0.15) is 18.4 Å². The van der Waals surface area contributed by atoms with E-state index in [1.807, 2.05) is 11.0 Å². The van der Waals surface area contributed by atoms with E-state index in [1.165, 1.54) is 12.1 Å². The molecule has 2 aromatic carbocycles. The minimum Gasteiger partial charge on any atom is -0.493 e. The Morgan fingerprint density at radius 2 is 1.59 bits per heavy atom. The van der Waals surface area contributed by atoms with Gasteiger partial charge in [-0.3, -0.25) is 34.2 Å². The average Bonchev–Trinajstić information content (AvgIpc) is 3.46. The molecule has 4 fully saturated rings. The second-order valence-corrected chi connectivity index (χ2v) is 16.0. The maximum atomic E-state index is 13.5. The summed E-state index contributed by atoms with van der Waals surface area (Å²) in [7, 11) is 0.